The Morgan fingerprint density at radius 1 is 0.682 bits per heavy atom. The van der Waals surface area contributed by atoms with Crippen molar-refractivity contribution in [1.82, 2.24) is 0 Å². The van der Waals surface area contributed by atoms with Gasteiger partial charge < -0.3 is 9.47 Å². The van der Waals surface area contributed by atoms with Crippen LogP contribution in [-0.4, -0.2) is 25.2 Å². The summed E-state index contributed by atoms with van der Waals surface area (Å²) >= 11 is 0. The zero-order valence-electron chi connectivity index (χ0n) is 11.8. The number of ether oxygens (including phenoxy) is 2. The minimum Gasteiger partial charge on any atom is -0.449 e. The van der Waals surface area contributed by atoms with E-state index in [9.17, 15) is 9.59 Å². The minimum absolute atomic E-state index is 0.0450. The van der Waals surface area contributed by atoms with Crippen LogP contribution in [0.3, 0.4) is 0 Å². The minimum atomic E-state index is -0.434. The van der Waals surface area contributed by atoms with Crippen molar-refractivity contribution in [1.29, 1.82) is 0 Å². The van der Waals surface area contributed by atoms with Crippen LogP contribution in [0.5, 0.6) is 0 Å². The highest BCUT2D eigenvalue weighted by molar-refractivity contribution is 5.89. The molecule has 0 aliphatic carbocycles. The first-order valence-electron chi connectivity index (χ1n) is 6.67. The molecule has 22 heavy (non-hydrogen) atoms. The predicted octanol–water partition coefficient (Wildman–Crippen LogP) is 2.70. The Hall–Kier alpha value is -3.06. The highest BCUT2D eigenvalue weighted by Crippen LogP contribution is 2.01. The van der Waals surface area contributed by atoms with E-state index in [-0.39, 0.29) is 13.2 Å². The number of carbonyl (C=O) groups excluding carboxylic acids is 2. The van der Waals surface area contributed by atoms with E-state index in [0.717, 1.165) is 0 Å². The summed E-state index contributed by atoms with van der Waals surface area (Å²) in [6.07, 6.45) is 0. The lowest BCUT2D eigenvalue weighted by molar-refractivity contribution is 0.0539. The fourth-order valence-corrected chi connectivity index (χ4v) is 1.62. The summed E-state index contributed by atoms with van der Waals surface area (Å²) < 4.78 is 9.93. The molecule has 0 N–H and O–H groups in total. The first-order valence-corrected chi connectivity index (χ1v) is 6.67. The van der Waals surface area contributed by atoms with Crippen molar-refractivity contribution in [3.8, 4) is 11.8 Å². The van der Waals surface area contributed by atoms with Crippen molar-refractivity contribution in [2.24, 2.45) is 0 Å². The molecule has 0 heterocycles. The third-order valence-electron chi connectivity index (χ3n) is 2.69. The topological polar surface area (TPSA) is 52.6 Å². The van der Waals surface area contributed by atoms with Gasteiger partial charge in [0.05, 0.1) is 11.1 Å². The Labute approximate surface area is 128 Å². The number of carbonyl (C=O) groups is 2. The Bertz CT molecular complexity index is 622. The van der Waals surface area contributed by atoms with E-state index in [1.165, 1.54) is 0 Å². The van der Waals surface area contributed by atoms with Gasteiger partial charge in [-0.25, -0.2) is 9.59 Å². The molecule has 0 radical (unpaired) electrons. The standard InChI is InChI=1S/C18H14O4/c19-17(15-9-3-1-4-10-15)21-13-7-8-14-22-18(20)16-11-5-2-6-12-16/h1-6,9-12H,13-14H2. The number of esters is 2. The molecule has 0 saturated carbocycles. The lowest BCUT2D eigenvalue weighted by Gasteiger charge is -2.00. The summed E-state index contributed by atoms with van der Waals surface area (Å²) in [5, 5.41) is 0. The van der Waals surface area contributed by atoms with E-state index in [1.807, 2.05) is 12.1 Å². The van der Waals surface area contributed by atoms with Gasteiger partial charge in [0.25, 0.3) is 0 Å². The molecule has 0 spiro atoms. The average molecular weight is 294 g/mol. The Balaban J connectivity index is 1.70. The molecule has 0 fully saturated rings. The summed E-state index contributed by atoms with van der Waals surface area (Å²) in [6, 6.07) is 17.3. The van der Waals surface area contributed by atoms with Crippen molar-refractivity contribution in [2.75, 3.05) is 13.2 Å². The second-order valence-electron chi connectivity index (χ2n) is 4.24. The monoisotopic (exact) mass is 294 g/mol. The summed E-state index contributed by atoms with van der Waals surface area (Å²) in [7, 11) is 0. The summed E-state index contributed by atoms with van der Waals surface area (Å²) in [5.74, 6) is 4.38. The van der Waals surface area contributed by atoms with Crippen LogP contribution in [0, 0.1) is 11.8 Å². The second kappa shape index (κ2) is 8.28. The number of benzene rings is 2. The zero-order valence-corrected chi connectivity index (χ0v) is 11.8. The van der Waals surface area contributed by atoms with E-state index in [0.29, 0.717) is 11.1 Å². The highest BCUT2D eigenvalue weighted by Gasteiger charge is 2.05. The SMILES string of the molecule is O=C(OCC#CCOC(=O)c1ccccc1)c1ccccc1. The van der Waals surface area contributed by atoms with E-state index in [2.05, 4.69) is 11.8 Å². The molecule has 2 rings (SSSR count). The van der Waals surface area contributed by atoms with Gasteiger partial charge >= 0.3 is 11.9 Å². The first-order chi connectivity index (χ1) is 10.8. The average Bonchev–Trinajstić information content (AvgIpc) is 2.59. The number of rotatable bonds is 4. The van der Waals surface area contributed by atoms with Gasteiger partial charge in [-0.1, -0.05) is 48.2 Å². The van der Waals surface area contributed by atoms with Crippen LogP contribution < -0.4 is 0 Å². The third-order valence-corrected chi connectivity index (χ3v) is 2.69. The van der Waals surface area contributed by atoms with Gasteiger partial charge in [0.1, 0.15) is 0 Å². The smallest absolute Gasteiger partial charge is 0.339 e. The summed E-state index contributed by atoms with van der Waals surface area (Å²) in [4.78, 5) is 23.2. The van der Waals surface area contributed by atoms with Gasteiger partial charge in [-0.15, -0.1) is 0 Å². The maximum atomic E-state index is 11.6. The molecule has 0 aromatic heterocycles. The molecule has 2 aromatic rings. The highest BCUT2D eigenvalue weighted by atomic mass is 16.5. The van der Waals surface area contributed by atoms with Crippen LogP contribution in [0.15, 0.2) is 60.7 Å². The molecule has 110 valence electrons. The fraction of sp³-hybridized carbons (Fsp3) is 0.111. The van der Waals surface area contributed by atoms with Crippen LogP contribution in [0.2, 0.25) is 0 Å². The molecule has 0 aliphatic heterocycles. The molecular formula is C18H14O4. The molecular weight excluding hydrogens is 280 g/mol. The first kappa shape index (κ1) is 15.3. The quantitative estimate of drug-likeness (QED) is 0.642. The van der Waals surface area contributed by atoms with Crippen molar-refractivity contribution in [3.05, 3.63) is 71.8 Å². The third kappa shape index (κ3) is 4.80. The molecule has 0 unspecified atom stereocenters. The summed E-state index contributed by atoms with van der Waals surface area (Å²) in [6.45, 7) is -0.0900. The van der Waals surface area contributed by atoms with Crippen molar-refractivity contribution < 1.29 is 19.1 Å². The molecule has 2 aromatic carbocycles. The van der Waals surface area contributed by atoms with Gasteiger partial charge in [0.15, 0.2) is 13.2 Å². The van der Waals surface area contributed by atoms with Crippen molar-refractivity contribution in [3.63, 3.8) is 0 Å². The molecule has 4 nitrogen and oxygen atoms in total. The van der Waals surface area contributed by atoms with Crippen LogP contribution in [0.4, 0.5) is 0 Å². The predicted molar refractivity (Wildman–Crippen MR) is 81.2 cm³/mol. The largest absolute Gasteiger partial charge is 0.449 e. The Morgan fingerprint density at radius 3 is 1.41 bits per heavy atom. The van der Waals surface area contributed by atoms with Gasteiger partial charge in [0, 0.05) is 0 Å². The number of hydrogen-bond acceptors (Lipinski definition) is 4. The van der Waals surface area contributed by atoms with Crippen molar-refractivity contribution in [2.45, 2.75) is 0 Å². The van der Waals surface area contributed by atoms with Gasteiger partial charge in [0.2, 0.25) is 0 Å². The molecule has 0 atom stereocenters. The normalized spacial score (nSPS) is 9.27. The van der Waals surface area contributed by atoms with E-state index < -0.39 is 11.9 Å². The number of hydrogen-bond donors (Lipinski definition) is 0. The maximum absolute atomic E-state index is 11.6. The second-order valence-corrected chi connectivity index (χ2v) is 4.24. The van der Waals surface area contributed by atoms with Gasteiger partial charge in [-0.3, -0.25) is 0 Å². The molecule has 0 saturated heterocycles. The lowest BCUT2D eigenvalue weighted by atomic mass is 10.2. The molecule has 0 amide bonds. The van der Waals surface area contributed by atoms with Crippen LogP contribution in [0.1, 0.15) is 20.7 Å². The fourth-order valence-electron chi connectivity index (χ4n) is 1.62. The van der Waals surface area contributed by atoms with Crippen molar-refractivity contribution >= 4 is 11.9 Å². The molecule has 4 heteroatoms. The zero-order chi connectivity index (χ0) is 15.6. The van der Waals surface area contributed by atoms with E-state index in [1.54, 1.807) is 48.5 Å². The van der Waals surface area contributed by atoms with E-state index in [4.69, 9.17) is 9.47 Å². The lowest BCUT2D eigenvalue weighted by Crippen LogP contribution is -2.06. The van der Waals surface area contributed by atoms with E-state index >= 15 is 0 Å². The van der Waals surface area contributed by atoms with Gasteiger partial charge in [-0.2, -0.15) is 0 Å². The van der Waals surface area contributed by atoms with Crippen LogP contribution in [0.25, 0.3) is 0 Å². The summed E-state index contributed by atoms with van der Waals surface area (Å²) in [5.41, 5.74) is 0.944. The van der Waals surface area contributed by atoms with Gasteiger partial charge in [-0.05, 0) is 24.3 Å². The maximum Gasteiger partial charge on any atom is 0.339 e. The molecule has 0 bridgehead atoms. The Morgan fingerprint density at radius 2 is 1.05 bits per heavy atom. The Kier molecular flexibility index (Phi) is 5.77. The van der Waals surface area contributed by atoms with Crippen LogP contribution in [-0.2, 0) is 9.47 Å². The molecule has 0 aliphatic rings. The van der Waals surface area contributed by atoms with Crippen LogP contribution >= 0.6 is 0 Å².